The van der Waals surface area contributed by atoms with Crippen molar-refractivity contribution in [3.05, 3.63) is 65.5 Å². The molecule has 2 aromatic rings. The second-order valence-corrected chi connectivity index (χ2v) is 5.76. The summed E-state index contributed by atoms with van der Waals surface area (Å²) in [5.41, 5.74) is 1.37. The number of hydrogen-bond acceptors (Lipinski definition) is 3. The fourth-order valence-electron chi connectivity index (χ4n) is 2.27. The van der Waals surface area contributed by atoms with Crippen LogP contribution >= 0.6 is 0 Å². The van der Waals surface area contributed by atoms with Crippen LogP contribution in [-0.2, 0) is 16.9 Å². The molecule has 0 saturated heterocycles. The van der Waals surface area contributed by atoms with Gasteiger partial charge in [-0.2, -0.15) is 0 Å². The Labute approximate surface area is 135 Å². The molecule has 0 aliphatic carbocycles. The van der Waals surface area contributed by atoms with Gasteiger partial charge < -0.3 is 15.7 Å². The summed E-state index contributed by atoms with van der Waals surface area (Å²) in [6.07, 6.45) is 0. The lowest BCUT2D eigenvalue weighted by molar-refractivity contribution is -0.114. The number of aliphatic hydroxyl groups is 1. The number of halogens is 1. The van der Waals surface area contributed by atoms with Gasteiger partial charge in [-0.05, 0) is 42.3 Å². The maximum atomic E-state index is 12.9. The summed E-state index contributed by atoms with van der Waals surface area (Å²) in [7, 11) is 0. The van der Waals surface area contributed by atoms with Gasteiger partial charge in [0.1, 0.15) is 5.82 Å². The number of anilines is 1. The van der Waals surface area contributed by atoms with Gasteiger partial charge in [0.25, 0.3) is 0 Å². The quantitative estimate of drug-likeness (QED) is 0.768. The third-order valence-electron chi connectivity index (χ3n) is 3.54. The van der Waals surface area contributed by atoms with E-state index < -0.39 is 5.60 Å². The third-order valence-corrected chi connectivity index (χ3v) is 3.54. The largest absolute Gasteiger partial charge is 0.384 e. The van der Waals surface area contributed by atoms with Crippen molar-refractivity contribution < 1.29 is 14.3 Å². The molecule has 1 amide bonds. The first-order chi connectivity index (χ1) is 10.9. The summed E-state index contributed by atoms with van der Waals surface area (Å²) in [6.45, 7) is 4.07. The van der Waals surface area contributed by atoms with E-state index in [1.54, 1.807) is 19.1 Å². The van der Waals surface area contributed by atoms with Crippen molar-refractivity contribution in [1.29, 1.82) is 0 Å². The molecule has 0 aliphatic rings. The summed E-state index contributed by atoms with van der Waals surface area (Å²) in [5, 5.41) is 16.4. The average Bonchev–Trinajstić information content (AvgIpc) is 2.49. The van der Waals surface area contributed by atoms with Crippen LogP contribution in [0.15, 0.2) is 48.5 Å². The summed E-state index contributed by atoms with van der Waals surface area (Å²) >= 11 is 0. The Bertz CT molecular complexity index is 652. The second-order valence-electron chi connectivity index (χ2n) is 5.76. The highest BCUT2D eigenvalue weighted by Gasteiger charge is 2.22. The van der Waals surface area contributed by atoms with Crippen molar-refractivity contribution in [2.45, 2.75) is 26.0 Å². The highest BCUT2D eigenvalue weighted by atomic mass is 19.1. The van der Waals surface area contributed by atoms with E-state index in [1.807, 2.05) is 24.3 Å². The predicted octanol–water partition coefficient (Wildman–Crippen LogP) is 2.78. The van der Waals surface area contributed by atoms with E-state index >= 15 is 0 Å². The minimum absolute atomic E-state index is 0.105. The summed E-state index contributed by atoms with van der Waals surface area (Å²) < 4.78 is 12.9. The molecule has 0 bridgehead atoms. The van der Waals surface area contributed by atoms with Crippen molar-refractivity contribution >= 4 is 11.6 Å². The molecule has 5 heteroatoms. The lowest BCUT2D eigenvalue weighted by Gasteiger charge is -2.24. The molecule has 1 unspecified atom stereocenters. The Morgan fingerprint density at radius 2 is 1.74 bits per heavy atom. The van der Waals surface area contributed by atoms with Gasteiger partial charge in [0, 0.05) is 25.7 Å². The van der Waals surface area contributed by atoms with Crippen LogP contribution in [0.1, 0.15) is 25.0 Å². The first-order valence-electron chi connectivity index (χ1n) is 7.42. The van der Waals surface area contributed by atoms with Crippen LogP contribution in [0, 0.1) is 5.82 Å². The molecule has 4 nitrogen and oxygen atoms in total. The Morgan fingerprint density at radius 1 is 1.13 bits per heavy atom. The fourth-order valence-corrected chi connectivity index (χ4v) is 2.27. The van der Waals surface area contributed by atoms with Gasteiger partial charge in [-0.15, -0.1) is 0 Å². The van der Waals surface area contributed by atoms with Crippen molar-refractivity contribution in [2.24, 2.45) is 0 Å². The van der Waals surface area contributed by atoms with Crippen LogP contribution in [0.5, 0.6) is 0 Å². The lowest BCUT2D eigenvalue weighted by atomic mass is 9.96. The molecule has 1 atom stereocenters. The third kappa shape index (κ3) is 5.16. The van der Waals surface area contributed by atoms with Crippen molar-refractivity contribution in [3.8, 4) is 0 Å². The van der Waals surface area contributed by atoms with Gasteiger partial charge in [0.05, 0.1) is 5.60 Å². The minimum atomic E-state index is -1.08. The number of amides is 1. The molecule has 23 heavy (non-hydrogen) atoms. The zero-order valence-electron chi connectivity index (χ0n) is 13.3. The highest BCUT2D eigenvalue weighted by molar-refractivity contribution is 5.88. The molecular weight excluding hydrogens is 295 g/mol. The van der Waals surface area contributed by atoms with Crippen LogP contribution in [0.4, 0.5) is 10.1 Å². The zero-order valence-corrected chi connectivity index (χ0v) is 13.3. The first-order valence-corrected chi connectivity index (χ1v) is 7.42. The molecule has 3 N–H and O–H groups in total. The van der Waals surface area contributed by atoms with Gasteiger partial charge in [0.2, 0.25) is 5.91 Å². The van der Waals surface area contributed by atoms with Crippen molar-refractivity contribution in [1.82, 2.24) is 5.32 Å². The number of benzene rings is 2. The zero-order chi connectivity index (χ0) is 16.9. The SMILES string of the molecule is CC(=O)Nc1ccc(CNCC(C)(O)c2ccc(F)cc2)cc1. The fraction of sp³-hybridized carbons (Fsp3) is 0.278. The Hall–Kier alpha value is -2.24. The number of hydrogen-bond donors (Lipinski definition) is 3. The van der Waals surface area contributed by atoms with Gasteiger partial charge >= 0.3 is 0 Å². The molecule has 2 aromatic carbocycles. The average molecular weight is 316 g/mol. The van der Waals surface area contributed by atoms with E-state index in [2.05, 4.69) is 10.6 Å². The molecule has 0 spiro atoms. The Morgan fingerprint density at radius 3 is 2.30 bits per heavy atom. The Balaban J connectivity index is 1.88. The number of carbonyl (C=O) groups is 1. The van der Waals surface area contributed by atoms with Crippen molar-refractivity contribution in [3.63, 3.8) is 0 Å². The number of rotatable bonds is 6. The summed E-state index contributed by atoms with van der Waals surface area (Å²) in [6, 6.07) is 13.3. The molecule has 0 aliphatic heterocycles. The van der Waals surface area contributed by atoms with Crippen LogP contribution in [0.2, 0.25) is 0 Å². The monoisotopic (exact) mass is 316 g/mol. The molecule has 122 valence electrons. The maximum Gasteiger partial charge on any atom is 0.221 e. The van der Waals surface area contributed by atoms with E-state index in [0.29, 0.717) is 18.7 Å². The summed E-state index contributed by atoms with van der Waals surface area (Å²) in [4.78, 5) is 11.0. The molecule has 0 fully saturated rings. The molecular formula is C18H21FN2O2. The molecule has 0 saturated carbocycles. The number of nitrogens with one attached hydrogen (secondary N) is 2. The molecule has 0 aromatic heterocycles. The van der Waals surface area contributed by atoms with Crippen LogP contribution in [0.3, 0.4) is 0 Å². The number of carbonyl (C=O) groups excluding carboxylic acids is 1. The van der Waals surface area contributed by atoms with Crippen LogP contribution in [-0.4, -0.2) is 17.6 Å². The molecule has 2 rings (SSSR count). The standard InChI is InChI=1S/C18H21FN2O2/c1-13(22)21-17-9-3-14(4-10-17)11-20-12-18(2,23)15-5-7-16(19)8-6-15/h3-10,20,23H,11-12H2,1-2H3,(H,21,22). The van der Waals surface area contributed by atoms with Gasteiger partial charge in [-0.1, -0.05) is 24.3 Å². The minimum Gasteiger partial charge on any atom is -0.384 e. The topological polar surface area (TPSA) is 61.4 Å². The van der Waals surface area contributed by atoms with E-state index in [-0.39, 0.29) is 11.7 Å². The Kier molecular flexibility index (Phi) is 5.47. The van der Waals surface area contributed by atoms with E-state index in [9.17, 15) is 14.3 Å². The summed E-state index contributed by atoms with van der Waals surface area (Å²) in [5.74, 6) is -0.428. The maximum absolute atomic E-state index is 12.9. The normalized spacial score (nSPS) is 13.4. The lowest BCUT2D eigenvalue weighted by Crippen LogP contribution is -2.35. The highest BCUT2D eigenvalue weighted by Crippen LogP contribution is 2.20. The molecule has 0 heterocycles. The van der Waals surface area contributed by atoms with E-state index in [0.717, 1.165) is 11.3 Å². The second kappa shape index (κ2) is 7.35. The van der Waals surface area contributed by atoms with Gasteiger partial charge in [-0.3, -0.25) is 4.79 Å². The van der Waals surface area contributed by atoms with Gasteiger partial charge in [0.15, 0.2) is 0 Å². The molecule has 0 radical (unpaired) electrons. The smallest absolute Gasteiger partial charge is 0.221 e. The van der Waals surface area contributed by atoms with Crippen LogP contribution < -0.4 is 10.6 Å². The van der Waals surface area contributed by atoms with Crippen LogP contribution in [0.25, 0.3) is 0 Å². The van der Waals surface area contributed by atoms with E-state index in [4.69, 9.17) is 0 Å². The van der Waals surface area contributed by atoms with Gasteiger partial charge in [-0.25, -0.2) is 4.39 Å². The van der Waals surface area contributed by atoms with E-state index in [1.165, 1.54) is 19.1 Å². The predicted molar refractivity (Wildman–Crippen MR) is 88.4 cm³/mol. The van der Waals surface area contributed by atoms with Crippen molar-refractivity contribution in [2.75, 3.05) is 11.9 Å². The first kappa shape index (κ1) is 17.1.